The van der Waals surface area contributed by atoms with Gasteiger partial charge in [-0.25, -0.2) is 4.68 Å². The van der Waals surface area contributed by atoms with Crippen LogP contribution in [0.15, 0.2) is 12.3 Å². The summed E-state index contributed by atoms with van der Waals surface area (Å²) in [7, 11) is 0. The minimum atomic E-state index is 0.341. The van der Waals surface area contributed by atoms with Crippen LogP contribution in [0.25, 0.3) is 0 Å². The van der Waals surface area contributed by atoms with Gasteiger partial charge in [-0.1, -0.05) is 0 Å². The maximum absolute atomic E-state index is 5.67. The van der Waals surface area contributed by atoms with Crippen LogP contribution >= 0.6 is 0 Å². The molecule has 6 heteroatoms. The van der Waals surface area contributed by atoms with E-state index in [9.17, 15) is 0 Å². The third-order valence-electron chi connectivity index (χ3n) is 3.55. The van der Waals surface area contributed by atoms with Gasteiger partial charge in [0.25, 0.3) is 0 Å². The molecule has 2 aliphatic rings. The number of aromatic nitrogens is 2. The first-order chi connectivity index (χ1) is 8.93. The van der Waals surface area contributed by atoms with Crippen molar-refractivity contribution < 1.29 is 4.74 Å². The Morgan fingerprint density at radius 2 is 2.33 bits per heavy atom. The number of rotatable bonds is 5. The van der Waals surface area contributed by atoms with Gasteiger partial charge in [-0.3, -0.25) is 0 Å². The molecule has 3 rings (SSSR count). The Morgan fingerprint density at radius 1 is 1.39 bits per heavy atom. The highest BCUT2D eigenvalue weighted by molar-refractivity contribution is 5.34. The van der Waals surface area contributed by atoms with Gasteiger partial charge in [0, 0.05) is 38.8 Å². The van der Waals surface area contributed by atoms with Crippen LogP contribution in [0, 0.1) is 0 Å². The van der Waals surface area contributed by atoms with E-state index in [4.69, 9.17) is 4.74 Å². The Hall–Kier alpha value is -1.11. The van der Waals surface area contributed by atoms with Crippen LogP contribution in [0.1, 0.15) is 12.5 Å². The Labute approximate surface area is 107 Å². The van der Waals surface area contributed by atoms with Crippen LogP contribution in [-0.4, -0.2) is 55.2 Å². The second kappa shape index (κ2) is 5.69. The summed E-state index contributed by atoms with van der Waals surface area (Å²) in [6, 6.07) is 2.55. The van der Waals surface area contributed by atoms with Crippen LogP contribution in [0.3, 0.4) is 0 Å². The third kappa shape index (κ3) is 2.66. The summed E-state index contributed by atoms with van der Waals surface area (Å²) in [6.45, 7) is 5.74. The summed E-state index contributed by atoms with van der Waals surface area (Å²) in [4.78, 5) is 0. The molecule has 1 unspecified atom stereocenters. The summed E-state index contributed by atoms with van der Waals surface area (Å²) in [5.41, 5.74) is 0. The van der Waals surface area contributed by atoms with E-state index in [0.717, 1.165) is 51.6 Å². The molecule has 0 spiro atoms. The average molecular weight is 251 g/mol. The predicted molar refractivity (Wildman–Crippen MR) is 69.9 cm³/mol. The van der Waals surface area contributed by atoms with Crippen LogP contribution in [0.5, 0.6) is 0 Å². The smallest absolute Gasteiger partial charge is 0.124 e. The average Bonchev–Trinajstić information content (AvgIpc) is 2.77. The van der Waals surface area contributed by atoms with Crippen LogP contribution in [-0.2, 0) is 4.74 Å². The molecule has 1 aromatic rings. The van der Waals surface area contributed by atoms with E-state index >= 15 is 0 Å². The van der Waals surface area contributed by atoms with Gasteiger partial charge in [0.05, 0.1) is 24.9 Å². The van der Waals surface area contributed by atoms with Crippen molar-refractivity contribution in [3.05, 3.63) is 12.3 Å². The van der Waals surface area contributed by atoms with Gasteiger partial charge in [-0.2, -0.15) is 5.10 Å². The van der Waals surface area contributed by atoms with Gasteiger partial charge < -0.3 is 20.7 Å². The van der Waals surface area contributed by atoms with E-state index in [1.54, 1.807) is 0 Å². The standard InChI is InChI=1S/C12H21N5O/c1(11-9-13-5-6-18-11)3-15-12-2-4-16-17(12)10-7-14-8-10/h2,4,10-11,13-15H,1,3,5-9H2. The Kier molecular flexibility index (Phi) is 3.78. The van der Waals surface area contributed by atoms with E-state index < -0.39 is 0 Å². The van der Waals surface area contributed by atoms with Crippen molar-refractivity contribution in [2.24, 2.45) is 0 Å². The van der Waals surface area contributed by atoms with Crippen LogP contribution in [0.2, 0.25) is 0 Å². The molecule has 1 atom stereocenters. The molecule has 6 nitrogen and oxygen atoms in total. The zero-order chi connectivity index (χ0) is 12.2. The summed E-state index contributed by atoms with van der Waals surface area (Å²) >= 11 is 0. The summed E-state index contributed by atoms with van der Waals surface area (Å²) in [5, 5.41) is 14.4. The number of anilines is 1. The molecule has 2 fully saturated rings. The number of nitrogens with one attached hydrogen (secondary N) is 3. The van der Waals surface area contributed by atoms with E-state index in [1.165, 1.54) is 0 Å². The SMILES string of the molecule is c1cc(NCCC2CNCCO2)n(C2CNC2)n1. The second-order valence-electron chi connectivity index (χ2n) is 4.89. The number of hydrogen-bond donors (Lipinski definition) is 3. The van der Waals surface area contributed by atoms with Crippen LogP contribution < -0.4 is 16.0 Å². The van der Waals surface area contributed by atoms with Crippen molar-refractivity contribution >= 4 is 5.82 Å². The lowest BCUT2D eigenvalue weighted by Crippen LogP contribution is -2.44. The molecule has 2 aliphatic heterocycles. The monoisotopic (exact) mass is 251 g/mol. The molecule has 18 heavy (non-hydrogen) atoms. The molecule has 0 aromatic carbocycles. The topological polar surface area (TPSA) is 63.1 Å². The first kappa shape index (κ1) is 12.0. The molecule has 1 aromatic heterocycles. The maximum atomic E-state index is 5.67. The van der Waals surface area contributed by atoms with Crippen molar-refractivity contribution in [3.63, 3.8) is 0 Å². The van der Waals surface area contributed by atoms with Crippen molar-refractivity contribution in [2.75, 3.05) is 44.6 Å². The molecule has 0 radical (unpaired) electrons. The molecular weight excluding hydrogens is 230 g/mol. The molecule has 0 saturated carbocycles. The molecule has 0 amide bonds. The van der Waals surface area contributed by atoms with E-state index in [-0.39, 0.29) is 0 Å². The predicted octanol–water partition coefficient (Wildman–Crippen LogP) is -0.182. The molecule has 3 N–H and O–H groups in total. The third-order valence-corrected chi connectivity index (χ3v) is 3.55. The van der Waals surface area contributed by atoms with Gasteiger partial charge >= 0.3 is 0 Å². The number of morpholine rings is 1. The van der Waals surface area contributed by atoms with Crippen LogP contribution in [0.4, 0.5) is 5.82 Å². The lowest BCUT2D eigenvalue weighted by molar-refractivity contribution is 0.0258. The Bertz CT molecular complexity index is 370. The highest BCUT2D eigenvalue weighted by Gasteiger charge is 2.21. The molecule has 2 saturated heterocycles. The van der Waals surface area contributed by atoms with Gasteiger partial charge in [0.1, 0.15) is 5.82 Å². The summed E-state index contributed by atoms with van der Waals surface area (Å²) < 4.78 is 7.75. The minimum absolute atomic E-state index is 0.341. The Morgan fingerprint density at radius 3 is 3.06 bits per heavy atom. The summed E-state index contributed by atoms with van der Waals surface area (Å²) in [6.07, 6.45) is 3.23. The Balaban J connectivity index is 1.46. The molecule has 3 heterocycles. The minimum Gasteiger partial charge on any atom is -0.376 e. The lowest BCUT2D eigenvalue weighted by Gasteiger charge is -2.29. The first-order valence-electron chi connectivity index (χ1n) is 6.74. The van der Waals surface area contributed by atoms with E-state index in [1.807, 2.05) is 12.3 Å². The number of nitrogens with zero attached hydrogens (tertiary/aromatic N) is 2. The van der Waals surface area contributed by atoms with Crippen molar-refractivity contribution in [1.82, 2.24) is 20.4 Å². The molecule has 0 bridgehead atoms. The molecule has 100 valence electrons. The zero-order valence-electron chi connectivity index (χ0n) is 10.6. The van der Waals surface area contributed by atoms with Crippen molar-refractivity contribution in [2.45, 2.75) is 18.6 Å². The fraction of sp³-hybridized carbons (Fsp3) is 0.750. The fourth-order valence-electron chi connectivity index (χ4n) is 2.36. The van der Waals surface area contributed by atoms with Crippen molar-refractivity contribution in [3.8, 4) is 0 Å². The maximum Gasteiger partial charge on any atom is 0.124 e. The van der Waals surface area contributed by atoms with Gasteiger partial charge in [0.15, 0.2) is 0 Å². The quantitative estimate of drug-likeness (QED) is 0.677. The summed E-state index contributed by atoms with van der Waals surface area (Å²) in [5.74, 6) is 1.12. The fourth-order valence-corrected chi connectivity index (χ4v) is 2.36. The number of hydrogen-bond acceptors (Lipinski definition) is 5. The second-order valence-corrected chi connectivity index (χ2v) is 4.89. The normalized spacial score (nSPS) is 24.8. The highest BCUT2D eigenvalue weighted by Crippen LogP contribution is 2.17. The van der Waals surface area contributed by atoms with Crippen molar-refractivity contribution in [1.29, 1.82) is 0 Å². The highest BCUT2D eigenvalue weighted by atomic mass is 16.5. The number of ether oxygens (including phenoxy) is 1. The van der Waals surface area contributed by atoms with E-state index in [2.05, 4.69) is 25.7 Å². The molecule has 0 aliphatic carbocycles. The van der Waals surface area contributed by atoms with Gasteiger partial charge in [-0.05, 0) is 6.42 Å². The van der Waals surface area contributed by atoms with Gasteiger partial charge in [0.2, 0.25) is 0 Å². The lowest BCUT2D eigenvalue weighted by atomic mass is 10.2. The molecular formula is C12H21N5O. The van der Waals surface area contributed by atoms with Gasteiger partial charge in [-0.15, -0.1) is 0 Å². The zero-order valence-corrected chi connectivity index (χ0v) is 10.6. The largest absolute Gasteiger partial charge is 0.376 e. The van der Waals surface area contributed by atoms with E-state index in [0.29, 0.717) is 12.1 Å². The first-order valence-corrected chi connectivity index (χ1v) is 6.74.